The van der Waals surface area contributed by atoms with E-state index in [4.69, 9.17) is 10.8 Å². The first-order valence-electron chi connectivity index (χ1n) is 5.38. The van der Waals surface area contributed by atoms with Gasteiger partial charge in [0.05, 0.1) is 6.42 Å². The van der Waals surface area contributed by atoms with Crippen LogP contribution in [0.4, 0.5) is 0 Å². The van der Waals surface area contributed by atoms with E-state index < -0.39 is 11.5 Å². The highest BCUT2D eigenvalue weighted by Gasteiger charge is 2.61. The molecule has 0 unspecified atom stereocenters. The molecule has 2 fully saturated rings. The number of halogens is 1. The van der Waals surface area contributed by atoms with Crippen LogP contribution in [0.5, 0.6) is 0 Å². The van der Waals surface area contributed by atoms with Gasteiger partial charge in [0.1, 0.15) is 0 Å². The molecule has 3 N–H and O–H groups in total. The van der Waals surface area contributed by atoms with Crippen molar-refractivity contribution in [3.05, 3.63) is 0 Å². The standard InChI is InChI=1S/C11H19NO2.ClH/c1-10(2)7-3-4-8(5-7)11(10,12)6-9(13)14;/h7-8H,3-6,12H2,1-2H3,(H,13,14);1H/t7-,8+,11-;/m0./s1. The normalized spacial score (nSPS) is 41.3. The van der Waals surface area contributed by atoms with Crippen molar-refractivity contribution in [3.63, 3.8) is 0 Å². The van der Waals surface area contributed by atoms with Gasteiger partial charge < -0.3 is 10.8 Å². The zero-order valence-corrected chi connectivity index (χ0v) is 10.1. The van der Waals surface area contributed by atoms with Gasteiger partial charge in [-0.05, 0) is 36.5 Å². The van der Waals surface area contributed by atoms with Crippen molar-refractivity contribution < 1.29 is 9.90 Å². The highest BCUT2D eigenvalue weighted by molar-refractivity contribution is 5.85. The maximum absolute atomic E-state index is 10.8. The van der Waals surface area contributed by atoms with Crippen molar-refractivity contribution in [2.24, 2.45) is 23.0 Å². The number of carboxylic acids is 1. The molecule has 0 aromatic carbocycles. The quantitative estimate of drug-likeness (QED) is 0.767. The molecule has 15 heavy (non-hydrogen) atoms. The van der Waals surface area contributed by atoms with E-state index in [0.29, 0.717) is 11.8 Å². The lowest BCUT2D eigenvalue weighted by Crippen LogP contribution is -2.57. The van der Waals surface area contributed by atoms with Crippen molar-refractivity contribution in [1.29, 1.82) is 0 Å². The molecule has 0 aliphatic heterocycles. The van der Waals surface area contributed by atoms with Gasteiger partial charge in [0, 0.05) is 5.54 Å². The molecule has 0 heterocycles. The minimum absolute atomic E-state index is 0. The van der Waals surface area contributed by atoms with Crippen molar-refractivity contribution in [2.45, 2.75) is 45.1 Å². The minimum Gasteiger partial charge on any atom is -0.481 e. The summed E-state index contributed by atoms with van der Waals surface area (Å²) in [4.78, 5) is 10.8. The minimum atomic E-state index is -0.756. The van der Waals surface area contributed by atoms with Gasteiger partial charge in [-0.15, -0.1) is 12.4 Å². The Balaban J connectivity index is 0.00000112. The second kappa shape index (κ2) is 3.63. The molecule has 3 atom stereocenters. The molecule has 0 spiro atoms. The van der Waals surface area contributed by atoms with E-state index >= 15 is 0 Å². The summed E-state index contributed by atoms with van der Waals surface area (Å²) in [6.07, 6.45) is 3.62. The Labute approximate surface area is 96.8 Å². The fourth-order valence-electron chi connectivity index (χ4n) is 3.63. The van der Waals surface area contributed by atoms with E-state index in [0.717, 1.165) is 12.8 Å². The van der Waals surface area contributed by atoms with Crippen molar-refractivity contribution in [2.75, 3.05) is 0 Å². The summed E-state index contributed by atoms with van der Waals surface area (Å²) in [5.41, 5.74) is 5.87. The number of aliphatic carboxylic acids is 1. The van der Waals surface area contributed by atoms with E-state index in [1.807, 2.05) is 0 Å². The topological polar surface area (TPSA) is 63.3 Å². The van der Waals surface area contributed by atoms with Gasteiger partial charge in [0.2, 0.25) is 0 Å². The summed E-state index contributed by atoms with van der Waals surface area (Å²) in [6, 6.07) is 0. The number of hydrogen-bond acceptors (Lipinski definition) is 2. The van der Waals surface area contributed by atoms with Crippen molar-refractivity contribution >= 4 is 18.4 Å². The number of fused-ring (bicyclic) bond motifs is 2. The SMILES string of the molecule is CC1(C)[C@H]2CC[C@H](C2)[C@@]1(N)CC(=O)O.Cl. The molecule has 0 amide bonds. The van der Waals surface area contributed by atoms with Gasteiger partial charge in [-0.1, -0.05) is 13.8 Å². The molecule has 88 valence electrons. The van der Waals surface area contributed by atoms with E-state index in [1.165, 1.54) is 6.42 Å². The van der Waals surface area contributed by atoms with Crippen LogP contribution in [0, 0.1) is 17.3 Å². The fourth-order valence-corrected chi connectivity index (χ4v) is 3.63. The number of rotatable bonds is 2. The summed E-state index contributed by atoms with van der Waals surface area (Å²) in [6.45, 7) is 4.28. The highest BCUT2D eigenvalue weighted by Crippen LogP contribution is 2.61. The summed E-state index contributed by atoms with van der Waals surface area (Å²) < 4.78 is 0. The molecule has 2 aliphatic rings. The Morgan fingerprint density at radius 1 is 1.40 bits per heavy atom. The molecule has 0 aromatic rings. The molecule has 2 rings (SSSR count). The number of carboxylic acid groups (broad SMARTS) is 1. The zero-order chi connectivity index (χ0) is 10.6. The third-order valence-corrected chi connectivity index (χ3v) is 4.83. The largest absolute Gasteiger partial charge is 0.481 e. The van der Waals surface area contributed by atoms with E-state index in [9.17, 15) is 4.79 Å². The van der Waals surface area contributed by atoms with Gasteiger partial charge in [-0.25, -0.2) is 0 Å². The first kappa shape index (κ1) is 12.8. The van der Waals surface area contributed by atoms with Crippen LogP contribution in [0.15, 0.2) is 0 Å². The van der Waals surface area contributed by atoms with Crippen LogP contribution in [-0.4, -0.2) is 16.6 Å². The monoisotopic (exact) mass is 233 g/mol. The molecule has 4 heteroatoms. The molecular weight excluding hydrogens is 214 g/mol. The van der Waals surface area contributed by atoms with E-state index in [-0.39, 0.29) is 24.2 Å². The average Bonchev–Trinajstić information content (AvgIpc) is 2.54. The third kappa shape index (κ3) is 1.56. The Bertz CT molecular complexity index is 280. The second-order valence-corrected chi connectivity index (χ2v) is 5.54. The van der Waals surface area contributed by atoms with Gasteiger partial charge in [0.15, 0.2) is 0 Å². The van der Waals surface area contributed by atoms with E-state index in [2.05, 4.69) is 13.8 Å². The van der Waals surface area contributed by atoms with Crippen molar-refractivity contribution in [1.82, 2.24) is 0 Å². The van der Waals surface area contributed by atoms with E-state index in [1.54, 1.807) is 0 Å². The molecule has 0 radical (unpaired) electrons. The maximum atomic E-state index is 10.8. The number of carbonyl (C=O) groups is 1. The Hall–Kier alpha value is -0.280. The van der Waals surface area contributed by atoms with Crippen LogP contribution in [0.2, 0.25) is 0 Å². The lowest BCUT2D eigenvalue weighted by molar-refractivity contribution is -0.140. The first-order valence-corrected chi connectivity index (χ1v) is 5.38. The van der Waals surface area contributed by atoms with Crippen LogP contribution < -0.4 is 5.73 Å². The predicted octanol–water partition coefficient (Wildman–Crippen LogP) is 2.04. The average molecular weight is 234 g/mol. The molecule has 0 aromatic heterocycles. The Morgan fingerprint density at radius 3 is 2.33 bits per heavy atom. The molecule has 3 nitrogen and oxygen atoms in total. The third-order valence-electron chi connectivity index (χ3n) is 4.83. The van der Waals surface area contributed by atoms with Crippen LogP contribution in [0.1, 0.15) is 39.5 Å². The summed E-state index contributed by atoms with van der Waals surface area (Å²) in [7, 11) is 0. The van der Waals surface area contributed by atoms with Gasteiger partial charge in [0.25, 0.3) is 0 Å². The Kier molecular flexibility index (Phi) is 3.10. The van der Waals surface area contributed by atoms with Crippen molar-refractivity contribution in [3.8, 4) is 0 Å². The Morgan fingerprint density at radius 2 is 1.93 bits per heavy atom. The summed E-state index contributed by atoms with van der Waals surface area (Å²) >= 11 is 0. The molecule has 2 aliphatic carbocycles. The lowest BCUT2D eigenvalue weighted by atomic mass is 9.62. The lowest BCUT2D eigenvalue weighted by Gasteiger charge is -2.46. The van der Waals surface area contributed by atoms with Crippen LogP contribution >= 0.6 is 12.4 Å². The van der Waals surface area contributed by atoms with Gasteiger partial charge in [-0.3, -0.25) is 4.79 Å². The second-order valence-electron chi connectivity index (χ2n) is 5.54. The molecule has 2 bridgehead atoms. The molecule has 2 saturated carbocycles. The number of nitrogens with two attached hydrogens (primary N) is 1. The predicted molar refractivity (Wildman–Crippen MR) is 61.0 cm³/mol. The van der Waals surface area contributed by atoms with Crippen LogP contribution in [0.3, 0.4) is 0 Å². The molecule has 0 saturated heterocycles. The highest BCUT2D eigenvalue weighted by atomic mass is 35.5. The maximum Gasteiger partial charge on any atom is 0.305 e. The van der Waals surface area contributed by atoms with Crippen LogP contribution in [0.25, 0.3) is 0 Å². The molecular formula is C11H20ClNO2. The number of hydrogen-bond donors (Lipinski definition) is 2. The van der Waals surface area contributed by atoms with Gasteiger partial charge >= 0.3 is 5.97 Å². The fraction of sp³-hybridized carbons (Fsp3) is 0.909. The van der Waals surface area contributed by atoms with Crippen LogP contribution in [-0.2, 0) is 4.79 Å². The zero-order valence-electron chi connectivity index (χ0n) is 9.32. The first-order chi connectivity index (χ1) is 6.38. The summed E-state index contributed by atoms with van der Waals surface area (Å²) in [5, 5.41) is 8.92. The smallest absolute Gasteiger partial charge is 0.305 e. The van der Waals surface area contributed by atoms with Gasteiger partial charge in [-0.2, -0.15) is 0 Å². The summed E-state index contributed by atoms with van der Waals surface area (Å²) in [5.74, 6) is 0.309.